The van der Waals surface area contributed by atoms with E-state index in [1.54, 1.807) is 13.8 Å². The van der Waals surface area contributed by atoms with Crippen molar-refractivity contribution in [1.29, 1.82) is 0 Å². The Morgan fingerprint density at radius 2 is 2.19 bits per heavy atom. The van der Waals surface area contributed by atoms with E-state index in [-0.39, 0.29) is 25.3 Å². The predicted molar refractivity (Wildman–Crippen MR) is 72.3 cm³/mol. The van der Waals surface area contributed by atoms with Crippen LogP contribution in [0.1, 0.15) is 30.8 Å². The van der Waals surface area contributed by atoms with Crippen molar-refractivity contribution in [3.05, 3.63) is 29.7 Å². The number of hydrogen-bond donors (Lipinski definition) is 2. The summed E-state index contributed by atoms with van der Waals surface area (Å²) in [5.74, 6) is -1.96. The van der Waals surface area contributed by atoms with E-state index < -0.39 is 17.8 Å². The van der Waals surface area contributed by atoms with Crippen LogP contribution in [0.4, 0.5) is 0 Å². The summed E-state index contributed by atoms with van der Waals surface area (Å²) < 4.78 is 6.08. The molecule has 21 heavy (non-hydrogen) atoms. The first-order chi connectivity index (χ1) is 9.92. The molecule has 0 spiro atoms. The Kier molecular flexibility index (Phi) is 6.12. The maximum absolute atomic E-state index is 11.8. The second-order valence-corrected chi connectivity index (χ2v) is 4.14. The van der Waals surface area contributed by atoms with Crippen molar-refractivity contribution in [2.45, 2.75) is 26.8 Å². The minimum atomic E-state index is -0.940. The van der Waals surface area contributed by atoms with E-state index in [0.717, 1.165) is 0 Å². The van der Waals surface area contributed by atoms with Gasteiger partial charge < -0.3 is 15.2 Å². The Labute approximate surface area is 121 Å². The number of carbonyl (C=O) groups is 3. The van der Waals surface area contributed by atoms with Crippen molar-refractivity contribution < 1.29 is 24.2 Å². The van der Waals surface area contributed by atoms with Crippen LogP contribution in [0.3, 0.4) is 0 Å². The van der Waals surface area contributed by atoms with E-state index in [0.29, 0.717) is 5.70 Å². The molecule has 8 nitrogen and oxygen atoms in total. The molecule has 2 N–H and O–H groups in total. The minimum Gasteiger partial charge on any atom is -0.481 e. The highest BCUT2D eigenvalue weighted by Crippen LogP contribution is 1.99. The highest BCUT2D eigenvalue weighted by molar-refractivity contribution is 5.94. The number of aliphatic carboxylic acids is 1. The number of aromatic nitrogens is 2. The predicted octanol–water partition coefficient (Wildman–Crippen LogP) is 0.555. The van der Waals surface area contributed by atoms with Crippen molar-refractivity contribution in [1.82, 2.24) is 15.1 Å². The molecule has 0 radical (unpaired) electrons. The van der Waals surface area contributed by atoms with Crippen molar-refractivity contribution in [3.63, 3.8) is 0 Å². The second-order valence-electron chi connectivity index (χ2n) is 4.14. The van der Waals surface area contributed by atoms with E-state index >= 15 is 0 Å². The smallest absolute Gasteiger partial charge is 0.332 e. The van der Waals surface area contributed by atoms with Gasteiger partial charge in [-0.2, -0.15) is 5.10 Å². The molecular formula is C13H17N3O5. The molecular weight excluding hydrogens is 278 g/mol. The molecule has 0 aliphatic rings. The van der Waals surface area contributed by atoms with Crippen LogP contribution in [0.5, 0.6) is 0 Å². The van der Waals surface area contributed by atoms with Crippen molar-refractivity contribution in [2.75, 3.05) is 6.61 Å². The van der Waals surface area contributed by atoms with Crippen LogP contribution in [0.15, 0.2) is 24.0 Å². The van der Waals surface area contributed by atoms with Gasteiger partial charge in [-0.15, -0.1) is 0 Å². The van der Waals surface area contributed by atoms with Gasteiger partial charge in [0.05, 0.1) is 19.6 Å². The van der Waals surface area contributed by atoms with Crippen LogP contribution in [0, 0.1) is 0 Å². The maximum atomic E-state index is 11.8. The molecule has 0 bridgehead atoms. The van der Waals surface area contributed by atoms with Crippen LogP contribution < -0.4 is 5.32 Å². The molecule has 0 aromatic carbocycles. The van der Waals surface area contributed by atoms with Gasteiger partial charge >= 0.3 is 11.9 Å². The van der Waals surface area contributed by atoms with Crippen molar-refractivity contribution in [2.24, 2.45) is 0 Å². The number of carboxylic acid groups (broad SMARTS) is 1. The molecule has 1 aromatic heterocycles. The largest absolute Gasteiger partial charge is 0.481 e. The number of nitrogens with zero attached hydrogens (tertiary/aromatic N) is 2. The van der Waals surface area contributed by atoms with Crippen LogP contribution in [0.2, 0.25) is 0 Å². The molecule has 114 valence electrons. The Hall–Kier alpha value is -2.64. The number of amides is 1. The third kappa shape index (κ3) is 5.89. The van der Waals surface area contributed by atoms with Crippen LogP contribution in [0.25, 0.3) is 0 Å². The number of nitrogens with one attached hydrogen (secondary N) is 1. The quantitative estimate of drug-likeness (QED) is 0.561. The van der Waals surface area contributed by atoms with Gasteiger partial charge in [-0.25, -0.2) is 4.79 Å². The average Bonchev–Trinajstić information content (AvgIpc) is 2.85. The molecule has 0 saturated carbocycles. The third-order valence-electron chi connectivity index (χ3n) is 2.36. The van der Waals surface area contributed by atoms with Gasteiger partial charge in [-0.3, -0.25) is 14.3 Å². The Balaban J connectivity index is 2.59. The Morgan fingerprint density at radius 3 is 2.81 bits per heavy atom. The lowest BCUT2D eigenvalue weighted by Gasteiger charge is -2.03. The molecule has 1 heterocycles. The normalized spacial score (nSPS) is 11.0. The van der Waals surface area contributed by atoms with Crippen LogP contribution in [-0.2, 0) is 20.9 Å². The lowest BCUT2D eigenvalue weighted by molar-refractivity contribution is -0.138. The van der Waals surface area contributed by atoms with Gasteiger partial charge in [0.2, 0.25) is 0 Å². The first-order valence-electron chi connectivity index (χ1n) is 6.34. The highest BCUT2D eigenvalue weighted by atomic mass is 16.5. The van der Waals surface area contributed by atoms with Crippen LogP contribution >= 0.6 is 0 Å². The van der Waals surface area contributed by atoms with E-state index in [4.69, 9.17) is 9.84 Å². The molecule has 0 aliphatic carbocycles. The first-order valence-corrected chi connectivity index (χ1v) is 6.34. The van der Waals surface area contributed by atoms with Gasteiger partial charge in [0, 0.05) is 18.0 Å². The minimum absolute atomic E-state index is 0.0788. The molecule has 1 aromatic rings. The molecule has 0 saturated heterocycles. The summed E-state index contributed by atoms with van der Waals surface area (Å²) in [5.41, 5.74) is 0.468. The fraction of sp³-hybridized carbons (Fsp3) is 0.385. The molecule has 1 rings (SSSR count). The fourth-order valence-corrected chi connectivity index (χ4v) is 1.46. The third-order valence-corrected chi connectivity index (χ3v) is 2.36. The fourth-order valence-electron chi connectivity index (χ4n) is 1.46. The number of carboxylic acids is 1. The molecule has 1 amide bonds. The van der Waals surface area contributed by atoms with Crippen molar-refractivity contribution >= 4 is 17.8 Å². The summed E-state index contributed by atoms with van der Waals surface area (Å²) in [7, 11) is 0. The zero-order chi connectivity index (χ0) is 15.8. The van der Waals surface area contributed by atoms with Gasteiger partial charge in [-0.05, 0) is 19.9 Å². The zero-order valence-corrected chi connectivity index (χ0v) is 11.8. The van der Waals surface area contributed by atoms with E-state index in [9.17, 15) is 14.4 Å². The number of ether oxygens (including phenoxy) is 1. The summed E-state index contributed by atoms with van der Waals surface area (Å²) in [6.45, 7) is 3.67. The SMILES string of the molecule is CCOC(=O)/C=C(\C)NC(=O)c1ccn(CCC(=O)O)n1. The lowest BCUT2D eigenvalue weighted by atomic mass is 10.3. The summed E-state index contributed by atoms with van der Waals surface area (Å²) in [6, 6.07) is 1.47. The Morgan fingerprint density at radius 1 is 1.48 bits per heavy atom. The number of allylic oxidation sites excluding steroid dienone is 1. The van der Waals surface area contributed by atoms with Gasteiger partial charge in [-0.1, -0.05) is 0 Å². The van der Waals surface area contributed by atoms with Gasteiger partial charge in [0.25, 0.3) is 5.91 Å². The molecule has 8 heteroatoms. The van der Waals surface area contributed by atoms with Crippen LogP contribution in [-0.4, -0.2) is 39.3 Å². The Bertz CT molecular complexity index is 562. The van der Waals surface area contributed by atoms with Crippen molar-refractivity contribution in [3.8, 4) is 0 Å². The second kappa shape index (κ2) is 7.83. The summed E-state index contributed by atoms with van der Waals surface area (Å²) in [6.07, 6.45) is 2.61. The standard InChI is InChI=1S/C13H17N3O5/c1-3-21-12(19)8-9(2)14-13(20)10-4-6-16(15-10)7-5-11(17)18/h4,6,8H,3,5,7H2,1-2H3,(H,14,20)(H,17,18)/b9-8+. The molecule has 0 atom stereocenters. The number of esters is 1. The van der Waals surface area contributed by atoms with E-state index in [1.165, 1.54) is 23.0 Å². The number of carbonyl (C=O) groups excluding carboxylic acids is 2. The van der Waals surface area contributed by atoms with Gasteiger partial charge in [0.1, 0.15) is 0 Å². The topological polar surface area (TPSA) is 111 Å². The number of hydrogen-bond acceptors (Lipinski definition) is 5. The monoisotopic (exact) mass is 295 g/mol. The average molecular weight is 295 g/mol. The molecule has 0 unspecified atom stereocenters. The van der Waals surface area contributed by atoms with E-state index in [2.05, 4.69) is 10.4 Å². The molecule has 0 fully saturated rings. The summed E-state index contributed by atoms with van der Waals surface area (Å²) in [5, 5.41) is 15.0. The summed E-state index contributed by atoms with van der Waals surface area (Å²) >= 11 is 0. The molecule has 0 aliphatic heterocycles. The summed E-state index contributed by atoms with van der Waals surface area (Å²) in [4.78, 5) is 33.5. The lowest BCUT2D eigenvalue weighted by Crippen LogP contribution is -2.23. The maximum Gasteiger partial charge on any atom is 0.332 e. The number of rotatable bonds is 7. The number of aryl methyl sites for hydroxylation is 1. The first kappa shape index (κ1) is 16.4. The van der Waals surface area contributed by atoms with Gasteiger partial charge in [0.15, 0.2) is 5.69 Å². The highest BCUT2D eigenvalue weighted by Gasteiger charge is 2.11. The van der Waals surface area contributed by atoms with E-state index in [1.807, 2.05) is 0 Å². The zero-order valence-electron chi connectivity index (χ0n) is 11.8.